The van der Waals surface area contributed by atoms with Gasteiger partial charge in [0.1, 0.15) is 6.10 Å². The van der Waals surface area contributed by atoms with Crippen molar-refractivity contribution in [1.82, 2.24) is 0 Å². The topological polar surface area (TPSA) is 46.5 Å². The molecule has 0 aliphatic heterocycles. The van der Waals surface area contributed by atoms with E-state index in [0.29, 0.717) is 6.42 Å². The third-order valence-corrected chi connectivity index (χ3v) is 2.12. The third-order valence-electron chi connectivity index (χ3n) is 2.12. The lowest BCUT2D eigenvalue weighted by Crippen LogP contribution is -2.18. The number of esters is 1. The molecule has 1 N–H and O–H groups in total. The Morgan fingerprint density at radius 2 is 2.00 bits per heavy atom. The average Bonchev–Trinajstić information content (AvgIpc) is 2.09. The van der Waals surface area contributed by atoms with E-state index in [9.17, 15) is 4.79 Å². The lowest BCUT2D eigenvalue weighted by molar-refractivity contribution is -0.147. The summed E-state index contributed by atoms with van der Waals surface area (Å²) in [5.41, 5.74) is 0. The monoisotopic (exact) mass is 202 g/mol. The minimum atomic E-state index is -0.310. The van der Waals surface area contributed by atoms with Gasteiger partial charge in [-0.15, -0.1) is 0 Å². The van der Waals surface area contributed by atoms with E-state index >= 15 is 0 Å². The second-order valence-electron chi connectivity index (χ2n) is 3.80. The Labute approximate surface area is 86.5 Å². The first-order valence-corrected chi connectivity index (χ1v) is 5.41. The molecule has 3 nitrogen and oxygen atoms in total. The number of carbonyl (C=O) groups is 1. The summed E-state index contributed by atoms with van der Waals surface area (Å²) in [7, 11) is 0. The molecular formula is C11H22O3. The summed E-state index contributed by atoms with van der Waals surface area (Å²) in [4.78, 5) is 10.8. The fraction of sp³-hybridized carbons (Fsp3) is 0.909. The molecule has 0 saturated heterocycles. The molecule has 0 heterocycles. The highest BCUT2D eigenvalue weighted by molar-refractivity contribution is 5.66. The number of carbonyl (C=O) groups excluding carboxylic acids is 1. The van der Waals surface area contributed by atoms with E-state index < -0.39 is 0 Å². The SMILES string of the molecule is CCCC[C@@H](CC[C@@H](C)O)OC(C)=O. The van der Waals surface area contributed by atoms with Crippen molar-refractivity contribution in [2.24, 2.45) is 0 Å². The molecule has 0 rings (SSSR count). The van der Waals surface area contributed by atoms with Crippen LogP contribution >= 0.6 is 0 Å². The molecule has 0 aromatic rings. The number of hydrogen-bond acceptors (Lipinski definition) is 3. The Morgan fingerprint density at radius 1 is 1.36 bits per heavy atom. The summed E-state index contributed by atoms with van der Waals surface area (Å²) in [6, 6.07) is 0. The largest absolute Gasteiger partial charge is 0.463 e. The van der Waals surface area contributed by atoms with Crippen LogP contribution in [-0.4, -0.2) is 23.3 Å². The van der Waals surface area contributed by atoms with Crippen LogP contribution in [0.3, 0.4) is 0 Å². The van der Waals surface area contributed by atoms with Gasteiger partial charge in [-0.3, -0.25) is 4.79 Å². The van der Waals surface area contributed by atoms with E-state index in [2.05, 4.69) is 6.92 Å². The summed E-state index contributed by atoms with van der Waals surface area (Å²) in [6.45, 7) is 5.30. The van der Waals surface area contributed by atoms with Crippen molar-refractivity contribution >= 4 is 5.97 Å². The van der Waals surface area contributed by atoms with Crippen LogP contribution in [0, 0.1) is 0 Å². The Hall–Kier alpha value is -0.570. The maximum absolute atomic E-state index is 10.8. The third kappa shape index (κ3) is 8.05. The first-order valence-electron chi connectivity index (χ1n) is 5.41. The van der Waals surface area contributed by atoms with Gasteiger partial charge in [-0.2, -0.15) is 0 Å². The quantitative estimate of drug-likeness (QED) is 0.644. The fourth-order valence-corrected chi connectivity index (χ4v) is 1.36. The van der Waals surface area contributed by atoms with Crippen molar-refractivity contribution in [3.8, 4) is 0 Å². The first kappa shape index (κ1) is 13.4. The lowest BCUT2D eigenvalue weighted by Gasteiger charge is -2.17. The minimum absolute atomic E-state index is 0.0120. The maximum Gasteiger partial charge on any atom is 0.302 e. The molecule has 0 aliphatic carbocycles. The highest BCUT2D eigenvalue weighted by Crippen LogP contribution is 2.12. The number of unbranched alkanes of at least 4 members (excludes halogenated alkanes) is 1. The predicted octanol–water partition coefficient (Wildman–Crippen LogP) is 2.27. The second kappa shape index (κ2) is 7.80. The molecule has 0 amide bonds. The molecule has 0 bridgehead atoms. The molecule has 0 saturated carbocycles. The van der Waals surface area contributed by atoms with Gasteiger partial charge in [0.05, 0.1) is 6.10 Å². The summed E-state index contributed by atoms with van der Waals surface area (Å²) in [5.74, 6) is -0.225. The van der Waals surface area contributed by atoms with Crippen molar-refractivity contribution in [2.45, 2.75) is 65.1 Å². The van der Waals surface area contributed by atoms with E-state index in [-0.39, 0.29) is 18.2 Å². The van der Waals surface area contributed by atoms with Crippen LogP contribution in [0.1, 0.15) is 52.9 Å². The van der Waals surface area contributed by atoms with Crippen LogP contribution in [0.5, 0.6) is 0 Å². The van der Waals surface area contributed by atoms with E-state index in [4.69, 9.17) is 9.84 Å². The van der Waals surface area contributed by atoms with Crippen LogP contribution in [0.2, 0.25) is 0 Å². The van der Waals surface area contributed by atoms with Gasteiger partial charge in [0.15, 0.2) is 0 Å². The number of rotatable bonds is 7. The van der Waals surface area contributed by atoms with Crippen LogP contribution < -0.4 is 0 Å². The van der Waals surface area contributed by atoms with Gasteiger partial charge in [-0.25, -0.2) is 0 Å². The normalized spacial score (nSPS) is 14.9. The van der Waals surface area contributed by atoms with Crippen LogP contribution in [0.15, 0.2) is 0 Å². The van der Waals surface area contributed by atoms with Gasteiger partial charge in [0.25, 0.3) is 0 Å². The zero-order chi connectivity index (χ0) is 11.0. The number of ether oxygens (including phenoxy) is 1. The molecule has 0 unspecified atom stereocenters. The number of hydrogen-bond donors (Lipinski definition) is 1. The van der Waals surface area contributed by atoms with Crippen LogP contribution in [0.25, 0.3) is 0 Å². The van der Waals surface area contributed by atoms with E-state index in [1.54, 1.807) is 6.92 Å². The van der Waals surface area contributed by atoms with Gasteiger partial charge < -0.3 is 9.84 Å². The highest BCUT2D eigenvalue weighted by atomic mass is 16.5. The van der Waals surface area contributed by atoms with Gasteiger partial charge in [0.2, 0.25) is 0 Å². The highest BCUT2D eigenvalue weighted by Gasteiger charge is 2.12. The molecule has 0 aliphatic rings. The van der Waals surface area contributed by atoms with Gasteiger partial charge in [-0.05, 0) is 26.2 Å². The average molecular weight is 202 g/mol. The van der Waals surface area contributed by atoms with E-state index in [1.165, 1.54) is 6.92 Å². The van der Waals surface area contributed by atoms with Crippen molar-refractivity contribution < 1.29 is 14.6 Å². The molecule has 0 spiro atoms. The molecule has 0 aromatic heterocycles. The number of aliphatic hydroxyl groups is 1. The standard InChI is InChI=1S/C11H22O3/c1-4-5-6-11(14-10(3)13)8-7-9(2)12/h9,11-12H,4-8H2,1-3H3/t9-,11+/m1/s1. The summed E-state index contributed by atoms with van der Waals surface area (Å²) in [5, 5.41) is 9.12. The predicted molar refractivity (Wildman–Crippen MR) is 56.0 cm³/mol. The zero-order valence-electron chi connectivity index (χ0n) is 9.45. The van der Waals surface area contributed by atoms with Crippen LogP contribution in [0.4, 0.5) is 0 Å². The minimum Gasteiger partial charge on any atom is -0.463 e. The molecule has 14 heavy (non-hydrogen) atoms. The summed E-state index contributed by atoms with van der Waals surface area (Å²) >= 11 is 0. The van der Waals surface area contributed by atoms with E-state index in [1.807, 2.05) is 0 Å². The number of aliphatic hydroxyl groups excluding tert-OH is 1. The molecule has 3 heteroatoms. The molecule has 84 valence electrons. The second-order valence-corrected chi connectivity index (χ2v) is 3.80. The van der Waals surface area contributed by atoms with Crippen molar-refractivity contribution in [1.29, 1.82) is 0 Å². The van der Waals surface area contributed by atoms with Crippen molar-refractivity contribution in [2.75, 3.05) is 0 Å². The van der Waals surface area contributed by atoms with Gasteiger partial charge >= 0.3 is 5.97 Å². The van der Waals surface area contributed by atoms with Crippen molar-refractivity contribution in [3.05, 3.63) is 0 Å². The Bertz CT molecular complexity index is 155. The summed E-state index contributed by atoms with van der Waals surface area (Å²) < 4.78 is 5.15. The summed E-state index contributed by atoms with van der Waals surface area (Å²) in [6.07, 6.45) is 4.21. The molecular weight excluding hydrogens is 180 g/mol. The smallest absolute Gasteiger partial charge is 0.302 e. The van der Waals surface area contributed by atoms with E-state index in [0.717, 1.165) is 25.7 Å². The first-order chi connectivity index (χ1) is 6.56. The molecule has 0 fully saturated rings. The van der Waals surface area contributed by atoms with Gasteiger partial charge in [0, 0.05) is 6.92 Å². The zero-order valence-corrected chi connectivity index (χ0v) is 9.45. The fourth-order valence-electron chi connectivity index (χ4n) is 1.36. The Kier molecular flexibility index (Phi) is 7.48. The molecule has 0 radical (unpaired) electrons. The van der Waals surface area contributed by atoms with Crippen molar-refractivity contribution in [3.63, 3.8) is 0 Å². The molecule has 0 aromatic carbocycles. The Balaban J connectivity index is 3.78. The van der Waals surface area contributed by atoms with Gasteiger partial charge in [-0.1, -0.05) is 19.8 Å². The maximum atomic E-state index is 10.8. The Morgan fingerprint density at radius 3 is 2.43 bits per heavy atom. The van der Waals surface area contributed by atoms with Crippen LogP contribution in [-0.2, 0) is 9.53 Å². The lowest BCUT2D eigenvalue weighted by atomic mass is 10.1. The molecule has 2 atom stereocenters.